The van der Waals surface area contributed by atoms with Crippen LogP contribution < -0.4 is 0 Å². The van der Waals surface area contributed by atoms with E-state index in [0.29, 0.717) is 6.42 Å². The average Bonchev–Trinajstić information content (AvgIpc) is 2.52. The molecule has 0 spiro atoms. The van der Waals surface area contributed by atoms with Crippen molar-refractivity contribution < 1.29 is 32.9 Å². The lowest BCUT2D eigenvalue weighted by Crippen LogP contribution is -2.51. The van der Waals surface area contributed by atoms with E-state index in [2.05, 4.69) is 0 Å². The molecule has 0 bridgehead atoms. The highest BCUT2D eigenvalue weighted by Gasteiger charge is 2.60. The minimum absolute atomic E-state index is 0.0685. The highest BCUT2D eigenvalue weighted by Crippen LogP contribution is 2.40. The Morgan fingerprint density at radius 2 is 1.67 bits per heavy atom. The molecule has 1 rings (SSSR count). The number of aliphatic hydroxyl groups is 2. The highest BCUT2D eigenvalue weighted by atomic mass is 19.4. The zero-order chi connectivity index (χ0) is 18.2. The van der Waals surface area contributed by atoms with E-state index in [1.54, 1.807) is 6.07 Å². The van der Waals surface area contributed by atoms with Gasteiger partial charge in [0, 0.05) is 6.42 Å². The fourth-order valence-electron chi connectivity index (χ4n) is 2.22. The van der Waals surface area contributed by atoms with Gasteiger partial charge in [-0.15, -0.1) is 0 Å². The molecule has 2 N–H and O–H groups in total. The van der Waals surface area contributed by atoms with Gasteiger partial charge in [-0.25, -0.2) is 0 Å². The zero-order valence-corrected chi connectivity index (χ0v) is 13.6. The van der Waals surface area contributed by atoms with Crippen molar-refractivity contribution in [2.24, 2.45) is 0 Å². The van der Waals surface area contributed by atoms with Crippen molar-refractivity contribution in [1.82, 2.24) is 0 Å². The summed E-state index contributed by atoms with van der Waals surface area (Å²) in [6.45, 7) is 2.04. The first-order valence-electron chi connectivity index (χ1n) is 7.96. The van der Waals surface area contributed by atoms with Gasteiger partial charge in [0.2, 0.25) is 0 Å². The molecule has 0 aromatic heterocycles. The number of hydrogen-bond acceptors (Lipinski definition) is 4. The third-order valence-electron chi connectivity index (χ3n) is 3.62. The maximum Gasteiger partial charge on any atom is 0.447 e. The van der Waals surface area contributed by atoms with Gasteiger partial charge in [0.1, 0.15) is 0 Å². The van der Waals surface area contributed by atoms with E-state index in [1.807, 2.05) is 6.92 Å². The lowest BCUT2D eigenvalue weighted by Gasteiger charge is -2.32. The van der Waals surface area contributed by atoms with Crippen molar-refractivity contribution in [3.05, 3.63) is 35.9 Å². The van der Waals surface area contributed by atoms with Crippen molar-refractivity contribution in [3.63, 3.8) is 0 Å². The Balaban J connectivity index is 2.79. The van der Waals surface area contributed by atoms with E-state index < -0.39 is 24.0 Å². The summed E-state index contributed by atoms with van der Waals surface area (Å²) >= 11 is 0. The van der Waals surface area contributed by atoms with Crippen LogP contribution in [0.2, 0.25) is 0 Å². The van der Waals surface area contributed by atoms with E-state index in [-0.39, 0.29) is 12.0 Å². The van der Waals surface area contributed by atoms with Crippen LogP contribution in [-0.2, 0) is 9.53 Å². The normalized spacial score (nSPS) is 13.6. The first kappa shape index (κ1) is 20.4. The third kappa shape index (κ3) is 5.79. The van der Waals surface area contributed by atoms with Gasteiger partial charge < -0.3 is 14.9 Å². The topological polar surface area (TPSA) is 66.8 Å². The summed E-state index contributed by atoms with van der Waals surface area (Å²) in [5.41, 5.74) is -0.140. The van der Waals surface area contributed by atoms with Gasteiger partial charge in [-0.2, -0.15) is 13.2 Å². The molecule has 0 saturated heterocycles. The number of alkyl halides is 3. The fourth-order valence-corrected chi connectivity index (χ4v) is 2.22. The van der Waals surface area contributed by atoms with Crippen molar-refractivity contribution in [2.75, 3.05) is 0 Å². The smallest absolute Gasteiger partial charge is 0.447 e. The second-order valence-electron chi connectivity index (χ2n) is 5.67. The molecule has 0 saturated carbocycles. The Morgan fingerprint density at radius 1 is 1.08 bits per heavy atom. The largest absolute Gasteiger partial charge is 0.451 e. The van der Waals surface area contributed by atoms with Crippen molar-refractivity contribution in [2.45, 2.75) is 63.5 Å². The number of esters is 1. The molecule has 4 nitrogen and oxygen atoms in total. The molecule has 24 heavy (non-hydrogen) atoms. The molecule has 1 aromatic rings. The molecule has 0 aliphatic carbocycles. The number of halogens is 3. The maximum absolute atomic E-state index is 12.9. The van der Waals surface area contributed by atoms with Gasteiger partial charge in [-0.1, -0.05) is 62.9 Å². The van der Waals surface area contributed by atoms with Crippen molar-refractivity contribution in [3.8, 4) is 0 Å². The van der Waals surface area contributed by atoms with Gasteiger partial charge in [0.25, 0.3) is 0 Å². The molecular formula is C17H23F3O4. The van der Waals surface area contributed by atoms with Gasteiger partial charge in [-0.05, 0) is 12.0 Å². The monoisotopic (exact) mass is 348 g/mol. The molecule has 0 radical (unpaired) electrons. The van der Waals surface area contributed by atoms with Crippen LogP contribution in [0.4, 0.5) is 13.2 Å². The molecule has 0 heterocycles. The van der Waals surface area contributed by atoms with Crippen LogP contribution in [0.25, 0.3) is 0 Å². The van der Waals surface area contributed by atoms with Crippen molar-refractivity contribution in [1.29, 1.82) is 0 Å². The Labute approximate surface area is 139 Å². The zero-order valence-electron chi connectivity index (χ0n) is 13.6. The SMILES string of the molecule is CCCCCCCC(=O)OC(c1ccccc1)C(O)(O)C(F)(F)F. The van der Waals surface area contributed by atoms with Gasteiger partial charge in [0.05, 0.1) is 0 Å². The quantitative estimate of drug-likeness (QED) is 0.404. The fraction of sp³-hybridized carbons (Fsp3) is 0.588. The summed E-state index contributed by atoms with van der Waals surface area (Å²) in [6.07, 6.45) is -3.44. The number of carbonyl (C=O) groups excluding carboxylic acids is 1. The van der Waals surface area contributed by atoms with Crippen LogP contribution in [0.5, 0.6) is 0 Å². The van der Waals surface area contributed by atoms with Crippen LogP contribution in [0.15, 0.2) is 30.3 Å². The van der Waals surface area contributed by atoms with E-state index in [1.165, 1.54) is 24.3 Å². The summed E-state index contributed by atoms with van der Waals surface area (Å²) in [6, 6.07) is 6.89. The lowest BCUT2D eigenvalue weighted by atomic mass is 10.0. The Hall–Kier alpha value is -1.60. The summed E-state index contributed by atoms with van der Waals surface area (Å²) < 4.78 is 43.5. The number of unbranched alkanes of at least 4 members (excludes halogenated alkanes) is 4. The summed E-state index contributed by atoms with van der Waals surface area (Å²) in [7, 11) is 0. The van der Waals surface area contributed by atoms with E-state index >= 15 is 0 Å². The van der Waals surface area contributed by atoms with Crippen LogP contribution >= 0.6 is 0 Å². The molecule has 0 fully saturated rings. The van der Waals surface area contributed by atoms with E-state index in [4.69, 9.17) is 4.74 Å². The molecule has 136 valence electrons. The third-order valence-corrected chi connectivity index (χ3v) is 3.62. The first-order chi connectivity index (χ1) is 11.2. The van der Waals surface area contributed by atoms with Crippen LogP contribution in [0.3, 0.4) is 0 Å². The molecule has 0 aliphatic rings. The maximum atomic E-state index is 12.9. The van der Waals surface area contributed by atoms with E-state index in [9.17, 15) is 28.2 Å². The molecule has 1 atom stereocenters. The second-order valence-corrected chi connectivity index (χ2v) is 5.67. The van der Waals surface area contributed by atoms with Gasteiger partial charge in [-0.3, -0.25) is 4.79 Å². The van der Waals surface area contributed by atoms with Crippen LogP contribution in [-0.4, -0.2) is 28.1 Å². The molecule has 1 unspecified atom stereocenters. The second kappa shape index (κ2) is 9.03. The molecule has 1 aromatic carbocycles. The van der Waals surface area contributed by atoms with Gasteiger partial charge >= 0.3 is 17.9 Å². The van der Waals surface area contributed by atoms with Crippen LogP contribution in [0.1, 0.15) is 57.1 Å². The summed E-state index contributed by atoms with van der Waals surface area (Å²) in [5.74, 6) is -5.05. The molecule has 0 aliphatic heterocycles. The van der Waals surface area contributed by atoms with Crippen molar-refractivity contribution >= 4 is 5.97 Å². The summed E-state index contributed by atoms with van der Waals surface area (Å²) in [5, 5.41) is 19.0. The Bertz CT molecular complexity index is 500. The minimum atomic E-state index is -5.37. The number of hydrogen-bond donors (Lipinski definition) is 2. The standard InChI is InChI=1S/C17H23F3O4/c1-2-3-4-5-9-12-14(21)24-15(13-10-7-6-8-11-13)16(22,23)17(18,19)20/h6-8,10-11,15,22-23H,2-5,9,12H2,1H3. The number of carbonyl (C=O) groups is 1. The number of rotatable bonds is 9. The molecular weight excluding hydrogens is 325 g/mol. The van der Waals surface area contributed by atoms with Gasteiger partial charge in [0.15, 0.2) is 6.10 Å². The average molecular weight is 348 g/mol. The first-order valence-corrected chi connectivity index (χ1v) is 7.96. The predicted molar refractivity (Wildman–Crippen MR) is 81.9 cm³/mol. The molecule has 0 amide bonds. The molecule has 7 heteroatoms. The highest BCUT2D eigenvalue weighted by molar-refractivity contribution is 5.69. The lowest BCUT2D eigenvalue weighted by molar-refractivity contribution is -0.380. The number of ether oxygens (including phenoxy) is 1. The number of benzene rings is 1. The van der Waals surface area contributed by atoms with Crippen LogP contribution in [0, 0.1) is 0 Å². The predicted octanol–water partition coefficient (Wildman–Crippen LogP) is 3.87. The Kier molecular flexibility index (Phi) is 7.69. The minimum Gasteiger partial charge on any atom is -0.451 e. The van der Waals surface area contributed by atoms with E-state index in [0.717, 1.165) is 25.7 Å². The Morgan fingerprint density at radius 3 is 2.21 bits per heavy atom. The summed E-state index contributed by atoms with van der Waals surface area (Å²) in [4.78, 5) is 11.8.